The number of hydrogen-bond donors (Lipinski definition) is 1. The van der Waals surface area contributed by atoms with E-state index in [-0.39, 0.29) is 26.8 Å². The molecular formula is C41H30N3OPtS-. The number of aromatic nitrogens is 3. The molecule has 0 aliphatic rings. The smallest absolute Gasteiger partial charge is 0.124 e. The quantitative estimate of drug-likeness (QED) is 0.163. The molecule has 7 rings (SSSR count). The van der Waals surface area contributed by atoms with Gasteiger partial charge in [-0.2, -0.15) is 0 Å². The molecule has 0 unspecified atom stereocenters. The van der Waals surface area contributed by atoms with Crippen LogP contribution in [0.25, 0.3) is 56.2 Å². The molecule has 0 radical (unpaired) electrons. The van der Waals surface area contributed by atoms with Crippen LogP contribution in [0, 0.1) is 19.9 Å². The van der Waals surface area contributed by atoms with Crippen LogP contribution in [0.5, 0.6) is 5.75 Å². The Morgan fingerprint density at radius 1 is 0.596 bits per heavy atom. The maximum Gasteiger partial charge on any atom is 0.124 e. The molecule has 5 aromatic carbocycles. The summed E-state index contributed by atoms with van der Waals surface area (Å²) in [7, 11) is 0. The van der Waals surface area contributed by atoms with Crippen LogP contribution in [-0.4, -0.2) is 20.1 Å². The van der Waals surface area contributed by atoms with Crippen LogP contribution in [0.4, 0.5) is 0 Å². The van der Waals surface area contributed by atoms with E-state index in [2.05, 4.69) is 104 Å². The van der Waals surface area contributed by atoms with E-state index in [0.717, 1.165) is 54.6 Å². The van der Waals surface area contributed by atoms with Gasteiger partial charge in [-0.1, -0.05) is 113 Å². The second-order valence-corrected chi connectivity index (χ2v) is 12.2. The molecule has 2 aromatic heterocycles. The first-order valence-corrected chi connectivity index (χ1v) is 15.9. The van der Waals surface area contributed by atoms with Gasteiger partial charge < -0.3 is 5.11 Å². The summed E-state index contributed by atoms with van der Waals surface area (Å²) in [4.78, 5) is 15.6. The Balaban J connectivity index is 0.00000386. The fourth-order valence-corrected chi connectivity index (χ4v) is 6.47. The summed E-state index contributed by atoms with van der Waals surface area (Å²) in [5.74, 6) is 0.700. The van der Waals surface area contributed by atoms with Crippen molar-refractivity contribution >= 4 is 11.8 Å². The fraction of sp³-hybridized carbons (Fsp3) is 0.0488. The molecular weight excluding hydrogens is 778 g/mol. The molecule has 0 saturated heterocycles. The van der Waals surface area contributed by atoms with Gasteiger partial charge in [0, 0.05) is 38.4 Å². The summed E-state index contributed by atoms with van der Waals surface area (Å²) in [6, 6.07) is 48.2. The Labute approximate surface area is 293 Å². The van der Waals surface area contributed by atoms with Crippen molar-refractivity contribution in [3.05, 3.63) is 157 Å². The van der Waals surface area contributed by atoms with Crippen molar-refractivity contribution < 1.29 is 26.2 Å². The van der Waals surface area contributed by atoms with Gasteiger partial charge in [-0.05, 0) is 72.0 Å². The molecule has 0 fully saturated rings. The number of para-hydroxylation sites is 1. The molecule has 7 aromatic rings. The van der Waals surface area contributed by atoms with Crippen LogP contribution in [0.2, 0.25) is 0 Å². The first-order valence-electron chi connectivity index (χ1n) is 15.1. The van der Waals surface area contributed by atoms with Gasteiger partial charge in [0.05, 0.1) is 22.2 Å². The number of pyridine rings is 1. The minimum atomic E-state index is 0. The molecule has 0 atom stereocenters. The normalized spacial score (nSPS) is 10.8. The van der Waals surface area contributed by atoms with E-state index in [1.807, 2.05) is 48.5 Å². The van der Waals surface area contributed by atoms with Gasteiger partial charge in [-0.3, -0.25) is 9.97 Å². The van der Waals surface area contributed by atoms with Gasteiger partial charge in [0.2, 0.25) is 0 Å². The zero-order valence-corrected chi connectivity index (χ0v) is 28.9. The third kappa shape index (κ3) is 7.12. The first kappa shape index (κ1) is 32.1. The largest absolute Gasteiger partial charge is 0.507 e. The molecule has 0 aliphatic heterocycles. The summed E-state index contributed by atoms with van der Waals surface area (Å²) in [6.07, 6.45) is 1.80. The molecule has 0 amide bonds. The third-order valence-electron chi connectivity index (χ3n) is 7.91. The van der Waals surface area contributed by atoms with E-state index in [9.17, 15) is 5.11 Å². The molecule has 47 heavy (non-hydrogen) atoms. The summed E-state index contributed by atoms with van der Waals surface area (Å²) in [5, 5.41) is 11.7. The molecule has 2 heterocycles. The Morgan fingerprint density at radius 3 is 1.94 bits per heavy atom. The number of aryl methyl sites for hydroxylation is 2. The summed E-state index contributed by atoms with van der Waals surface area (Å²) < 4.78 is 0. The molecule has 0 aliphatic carbocycles. The van der Waals surface area contributed by atoms with Gasteiger partial charge in [-0.25, -0.2) is 4.98 Å². The standard InChI is InChI=1S/C41H30N3OS.Pt/c1-27-11-10-12-28(2)40(27)37-26-36(35-15-6-7-16-38(35)45)43-41(44-37)33-23-32(24-34(25-33)46-39-17-8-9-22-42-39)31-20-18-30(19-21-31)29-13-4-3-5-14-29;/h3-24,26,45H,1-2H3;/q-1;. The number of aromatic hydroxyl groups is 1. The van der Waals surface area contributed by atoms with Crippen molar-refractivity contribution in [3.63, 3.8) is 0 Å². The average Bonchev–Trinajstić information content (AvgIpc) is 3.09. The zero-order valence-electron chi connectivity index (χ0n) is 25.8. The SMILES string of the molecule is Cc1cccc(C)c1-c1cc(-c2ccccc2O)nc(-c2[c-]c(Sc3ccccn3)cc(-c3ccc(-c4ccccc4)cc3)c2)n1.[Pt]. The molecule has 0 saturated carbocycles. The Kier molecular flexibility index (Phi) is 9.77. The van der Waals surface area contributed by atoms with Crippen molar-refractivity contribution in [2.75, 3.05) is 0 Å². The number of phenolic OH excluding ortho intramolecular Hbond substituents is 1. The third-order valence-corrected chi connectivity index (χ3v) is 8.80. The van der Waals surface area contributed by atoms with E-state index in [4.69, 9.17) is 9.97 Å². The number of nitrogens with zero attached hydrogens (tertiary/aromatic N) is 3. The average molecular weight is 808 g/mol. The van der Waals surface area contributed by atoms with Gasteiger partial charge >= 0.3 is 0 Å². The van der Waals surface area contributed by atoms with Crippen molar-refractivity contribution in [2.45, 2.75) is 23.8 Å². The molecule has 4 nitrogen and oxygen atoms in total. The summed E-state index contributed by atoms with van der Waals surface area (Å²) in [5.41, 5.74) is 10.6. The Bertz CT molecular complexity index is 2130. The first-order chi connectivity index (χ1) is 22.5. The summed E-state index contributed by atoms with van der Waals surface area (Å²) >= 11 is 1.55. The van der Waals surface area contributed by atoms with Crippen LogP contribution >= 0.6 is 11.8 Å². The monoisotopic (exact) mass is 807 g/mol. The molecule has 6 heteroatoms. The maximum atomic E-state index is 10.8. The maximum absolute atomic E-state index is 10.8. The van der Waals surface area contributed by atoms with Crippen LogP contribution in [0.3, 0.4) is 0 Å². The van der Waals surface area contributed by atoms with Crippen molar-refractivity contribution in [1.29, 1.82) is 0 Å². The van der Waals surface area contributed by atoms with Gasteiger partial charge in [0.1, 0.15) is 5.75 Å². The van der Waals surface area contributed by atoms with E-state index in [1.165, 1.54) is 5.56 Å². The van der Waals surface area contributed by atoms with E-state index in [0.29, 0.717) is 17.1 Å². The van der Waals surface area contributed by atoms with E-state index < -0.39 is 0 Å². The van der Waals surface area contributed by atoms with Crippen LogP contribution < -0.4 is 0 Å². The number of rotatable bonds is 7. The number of hydrogen-bond acceptors (Lipinski definition) is 5. The molecule has 0 bridgehead atoms. The minimum absolute atomic E-state index is 0. The van der Waals surface area contributed by atoms with Crippen molar-refractivity contribution in [2.24, 2.45) is 0 Å². The fourth-order valence-electron chi connectivity index (χ4n) is 5.63. The van der Waals surface area contributed by atoms with Gasteiger partial charge in [0.25, 0.3) is 0 Å². The van der Waals surface area contributed by atoms with Crippen LogP contribution in [0.15, 0.2) is 150 Å². The van der Waals surface area contributed by atoms with Gasteiger partial charge in [-0.15, -0.1) is 23.8 Å². The molecule has 0 spiro atoms. The molecule has 232 valence electrons. The predicted molar refractivity (Wildman–Crippen MR) is 188 cm³/mol. The topological polar surface area (TPSA) is 58.9 Å². The second kappa shape index (κ2) is 14.3. The Hall–Kier alpha value is -4.83. The second-order valence-electron chi connectivity index (χ2n) is 11.1. The van der Waals surface area contributed by atoms with E-state index >= 15 is 0 Å². The minimum Gasteiger partial charge on any atom is -0.507 e. The number of phenols is 1. The van der Waals surface area contributed by atoms with Crippen LogP contribution in [0.1, 0.15) is 11.1 Å². The number of benzene rings is 5. The van der Waals surface area contributed by atoms with E-state index in [1.54, 1.807) is 24.0 Å². The van der Waals surface area contributed by atoms with Crippen molar-refractivity contribution in [1.82, 2.24) is 15.0 Å². The van der Waals surface area contributed by atoms with Gasteiger partial charge in [0.15, 0.2) is 0 Å². The van der Waals surface area contributed by atoms with Crippen LogP contribution in [-0.2, 0) is 21.1 Å². The molecule has 1 N–H and O–H groups in total. The summed E-state index contributed by atoms with van der Waals surface area (Å²) in [6.45, 7) is 4.19. The zero-order chi connectivity index (χ0) is 31.5. The predicted octanol–water partition coefficient (Wildman–Crippen LogP) is 10.5. The van der Waals surface area contributed by atoms with Crippen molar-refractivity contribution in [3.8, 4) is 61.9 Å². The Morgan fingerprint density at radius 2 is 1.23 bits per heavy atom.